The van der Waals surface area contributed by atoms with Crippen molar-refractivity contribution in [2.45, 2.75) is 46.0 Å². The summed E-state index contributed by atoms with van der Waals surface area (Å²) in [6.07, 6.45) is 6.02. The van der Waals surface area contributed by atoms with Crippen LogP contribution >= 0.6 is 0 Å². The predicted octanol–water partition coefficient (Wildman–Crippen LogP) is 3.13. The molecule has 1 aromatic rings. The van der Waals surface area contributed by atoms with Crippen LogP contribution in [0.1, 0.15) is 55.7 Å². The molecule has 0 atom stereocenters. The highest BCUT2D eigenvalue weighted by Crippen LogP contribution is 2.39. The van der Waals surface area contributed by atoms with Gasteiger partial charge in [0.1, 0.15) is 5.69 Å². The zero-order chi connectivity index (χ0) is 16.9. The molecular formula is C20H31N3O. The van der Waals surface area contributed by atoms with Gasteiger partial charge in [-0.3, -0.25) is 4.79 Å². The van der Waals surface area contributed by atoms with Crippen molar-refractivity contribution in [1.29, 1.82) is 0 Å². The number of hydrogen-bond donors (Lipinski definition) is 1. The molecule has 4 heteroatoms. The zero-order valence-corrected chi connectivity index (χ0v) is 15.1. The van der Waals surface area contributed by atoms with Crippen molar-refractivity contribution < 1.29 is 4.79 Å². The molecule has 4 rings (SSSR count). The number of rotatable bonds is 8. The van der Waals surface area contributed by atoms with Crippen LogP contribution in [0.25, 0.3) is 0 Å². The fourth-order valence-electron chi connectivity index (χ4n) is 3.95. The van der Waals surface area contributed by atoms with Crippen LogP contribution in [0.3, 0.4) is 0 Å². The van der Waals surface area contributed by atoms with Gasteiger partial charge in [0, 0.05) is 25.3 Å². The molecule has 2 bridgehead atoms. The lowest BCUT2D eigenvalue weighted by molar-refractivity contribution is 0.0271. The minimum atomic E-state index is -0.0476. The molecule has 3 heterocycles. The summed E-state index contributed by atoms with van der Waals surface area (Å²) in [6, 6.07) is 5.81. The Morgan fingerprint density at radius 1 is 1.29 bits per heavy atom. The smallest absolute Gasteiger partial charge is 0.269 e. The van der Waals surface area contributed by atoms with Gasteiger partial charge in [-0.15, -0.1) is 0 Å². The minimum absolute atomic E-state index is 0.0476. The molecule has 1 aliphatic carbocycles. The summed E-state index contributed by atoms with van der Waals surface area (Å²) in [4.78, 5) is 19.3. The zero-order valence-electron chi connectivity index (χ0n) is 15.1. The van der Waals surface area contributed by atoms with Crippen LogP contribution in [0.4, 0.5) is 0 Å². The van der Waals surface area contributed by atoms with E-state index in [2.05, 4.69) is 29.0 Å². The average Bonchev–Trinajstić information content (AvgIpc) is 2.54. The van der Waals surface area contributed by atoms with Crippen LogP contribution in [0.2, 0.25) is 0 Å². The number of aryl methyl sites for hydroxylation is 1. The summed E-state index contributed by atoms with van der Waals surface area (Å²) in [5, 5.41) is 2.97. The van der Waals surface area contributed by atoms with Crippen LogP contribution in [-0.2, 0) is 6.42 Å². The van der Waals surface area contributed by atoms with Crippen LogP contribution in [0.15, 0.2) is 18.2 Å². The van der Waals surface area contributed by atoms with Crippen molar-refractivity contribution in [3.05, 3.63) is 29.6 Å². The third kappa shape index (κ3) is 4.79. The van der Waals surface area contributed by atoms with Crippen molar-refractivity contribution in [3.63, 3.8) is 0 Å². The maximum absolute atomic E-state index is 12.2. The molecule has 1 aromatic heterocycles. The maximum Gasteiger partial charge on any atom is 0.269 e. The van der Waals surface area contributed by atoms with E-state index in [0.29, 0.717) is 11.6 Å². The first kappa shape index (κ1) is 17.4. The van der Waals surface area contributed by atoms with E-state index in [1.807, 2.05) is 18.2 Å². The summed E-state index contributed by atoms with van der Waals surface area (Å²) in [6.45, 7) is 8.80. The molecule has 1 N–H and O–H groups in total. The highest BCUT2D eigenvalue weighted by atomic mass is 16.1. The number of pyridine rings is 1. The third-order valence-electron chi connectivity index (χ3n) is 5.32. The van der Waals surface area contributed by atoms with Gasteiger partial charge in [-0.25, -0.2) is 4.98 Å². The Kier molecular flexibility index (Phi) is 5.88. The maximum atomic E-state index is 12.2. The van der Waals surface area contributed by atoms with Crippen molar-refractivity contribution in [2.24, 2.45) is 17.8 Å². The number of hydrogen-bond acceptors (Lipinski definition) is 3. The van der Waals surface area contributed by atoms with E-state index in [1.165, 1.54) is 32.5 Å². The number of amides is 1. The van der Waals surface area contributed by atoms with Gasteiger partial charge in [0.25, 0.3) is 5.91 Å². The Labute approximate surface area is 146 Å². The van der Waals surface area contributed by atoms with E-state index in [-0.39, 0.29) is 5.91 Å². The molecule has 4 nitrogen and oxygen atoms in total. The number of piperidine rings is 2. The normalized spacial score (nSPS) is 23.1. The standard InChI is InChI=1S/C20H31N3O/c1-15(2)8-9-21-20(24)19-7-3-5-18(22-19)6-4-10-23-13-16-11-17(12-16)14-23/h3,5,7,15-17H,4,6,8-14H2,1-2H3,(H,21,24). The molecule has 2 aliphatic heterocycles. The molecule has 3 fully saturated rings. The van der Waals surface area contributed by atoms with E-state index >= 15 is 0 Å². The Bertz CT molecular complexity index is 542. The van der Waals surface area contributed by atoms with Crippen molar-refractivity contribution in [1.82, 2.24) is 15.2 Å². The largest absolute Gasteiger partial charge is 0.351 e. The number of carbonyl (C=O) groups excluding carboxylic acids is 1. The first-order valence-corrected chi connectivity index (χ1v) is 9.56. The highest BCUT2D eigenvalue weighted by molar-refractivity contribution is 5.92. The SMILES string of the molecule is CC(C)CCNC(=O)c1cccc(CCCN2CC3CC(C3)C2)n1. The average molecular weight is 329 g/mol. The second kappa shape index (κ2) is 8.11. The Morgan fingerprint density at radius 2 is 2.04 bits per heavy atom. The van der Waals surface area contributed by atoms with Crippen LogP contribution in [0.5, 0.6) is 0 Å². The van der Waals surface area contributed by atoms with Gasteiger partial charge in [-0.2, -0.15) is 0 Å². The lowest BCUT2D eigenvalue weighted by Crippen LogP contribution is -2.48. The second-order valence-electron chi connectivity index (χ2n) is 8.02. The van der Waals surface area contributed by atoms with Crippen molar-refractivity contribution in [2.75, 3.05) is 26.2 Å². The number of nitrogens with zero attached hydrogens (tertiary/aromatic N) is 2. The summed E-state index contributed by atoms with van der Waals surface area (Å²) < 4.78 is 0. The first-order valence-electron chi connectivity index (χ1n) is 9.56. The van der Waals surface area contributed by atoms with E-state index in [1.54, 1.807) is 0 Å². The Hall–Kier alpha value is -1.42. The molecule has 0 aromatic carbocycles. The van der Waals surface area contributed by atoms with Gasteiger partial charge in [0.05, 0.1) is 0 Å². The Morgan fingerprint density at radius 3 is 2.75 bits per heavy atom. The van der Waals surface area contributed by atoms with E-state index < -0.39 is 0 Å². The molecule has 0 unspecified atom stereocenters. The molecule has 0 spiro atoms. The van der Waals surface area contributed by atoms with Gasteiger partial charge in [0.15, 0.2) is 0 Å². The van der Waals surface area contributed by atoms with Gasteiger partial charge < -0.3 is 10.2 Å². The molecule has 3 aliphatic rings. The summed E-state index contributed by atoms with van der Waals surface area (Å²) in [5.74, 6) is 2.50. The molecule has 1 saturated carbocycles. The molecule has 132 valence electrons. The Balaban J connectivity index is 1.42. The fourth-order valence-corrected chi connectivity index (χ4v) is 3.95. The van der Waals surface area contributed by atoms with Gasteiger partial charge >= 0.3 is 0 Å². The van der Waals surface area contributed by atoms with Crippen LogP contribution in [0, 0.1) is 17.8 Å². The molecule has 24 heavy (non-hydrogen) atoms. The minimum Gasteiger partial charge on any atom is -0.351 e. The lowest BCUT2D eigenvalue weighted by atomic mass is 9.71. The van der Waals surface area contributed by atoms with Gasteiger partial charge in [-0.1, -0.05) is 19.9 Å². The topological polar surface area (TPSA) is 45.2 Å². The van der Waals surface area contributed by atoms with Gasteiger partial charge in [-0.05, 0) is 68.5 Å². The van der Waals surface area contributed by atoms with Crippen LogP contribution < -0.4 is 5.32 Å². The summed E-state index contributed by atoms with van der Waals surface area (Å²) in [7, 11) is 0. The van der Waals surface area contributed by atoms with E-state index in [0.717, 1.165) is 43.3 Å². The summed E-state index contributed by atoms with van der Waals surface area (Å²) >= 11 is 0. The van der Waals surface area contributed by atoms with E-state index in [9.17, 15) is 4.79 Å². The highest BCUT2D eigenvalue weighted by Gasteiger charge is 2.36. The van der Waals surface area contributed by atoms with Gasteiger partial charge in [0.2, 0.25) is 0 Å². The van der Waals surface area contributed by atoms with E-state index in [4.69, 9.17) is 0 Å². The van der Waals surface area contributed by atoms with Crippen molar-refractivity contribution >= 4 is 5.91 Å². The quantitative estimate of drug-likeness (QED) is 0.797. The second-order valence-corrected chi connectivity index (χ2v) is 8.02. The number of aromatic nitrogens is 1. The predicted molar refractivity (Wildman–Crippen MR) is 97.0 cm³/mol. The number of nitrogens with one attached hydrogen (secondary N) is 1. The molecule has 1 amide bonds. The summed E-state index contributed by atoms with van der Waals surface area (Å²) in [5.41, 5.74) is 1.59. The molecule has 0 radical (unpaired) electrons. The lowest BCUT2D eigenvalue weighted by Gasteiger charge is -2.47. The van der Waals surface area contributed by atoms with Crippen LogP contribution in [-0.4, -0.2) is 42.0 Å². The molecular weight excluding hydrogens is 298 g/mol. The van der Waals surface area contributed by atoms with Crippen molar-refractivity contribution in [3.8, 4) is 0 Å². The number of carbonyl (C=O) groups is 1. The third-order valence-corrected chi connectivity index (χ3v) is 5.32. The monoisotopic (exact) mass is 329 g/mol. The molecule has 2 saturated heterocycles. The number of fused-ring (bicyclic) bond motifs is 2. The fraction of sp³-hybridized carbons (Fsp3) is 0.700. The first-order chi connectivity index (χ1) is 11.6.